The van der Waals surface area contributed by atoms with Gasteiger partial charge in [-0.15, -0.1) is 11.6 Å². The van der Waals surface area contributed by atoms with Crippen LogP contribution < -0.4 is 21.3 Å². The number of amides is 11. The van der Waals surface area contributed by atoms with E-state index in [1.807, 2.05) is 20.8 Å². The minimum Gasteiger partial charge on any atom is -0.351 e. The Morgan fingerprint density at radius 2 is 1.24 bits per heavy atom. The number of carbonyl (C=O) groups is 11. The van der Waals surface area contributed by atoms with Crippen molar-refractivity contribution >= 4 is 76.6 Å². The molecule has 0 aromatic carbocycles. The van der Waals surface area contributed by atoms with Gasteiger partial charge in [0.05, 0.1) is 25.6 Å². The molecule has 2 saturated heterocycles. The average Bonchev–Trinajstić information content (AvgIpc) is 2.26. The van der Waals surface area contributed by atoms with Crippen molar-refractivity contribution in [1.29, 1.82) is 0 Å². The summed E-state index contributed by atoms with van der Waals surface area (Å²) in [5.41, 5.74) is -1.63. The number of alkyl halides is 4. The first-order valence-electron chi connectivity index (χ1n) is 32.2. The second-order valence-corrected chi connectivity index (χ2v) is 27.6. The van der Waals surface area contributed by atoms with Crippen LogP contribution in [0.3, 0.4) is 0 Å². The lowest BCUT2D eigenvalue weighted by molar-refractivity contribution is -0.182. The van der Waals surface area contributed by atoms with Crippen LogP contribution in [-0.4, -0.2) is 227 Å². The SMILES string of the molecule is CC[C@H](C)[C@@H]1NC(=O)[C@H](CC(C)C)N(C)C(=O)C[C@@H](C)NC(=O)[C@H](C(C)C)N(C)C(=O)[C@](C)(CC)NC(=O)[C@@H]2CCCN2C(=O)[C@H](CCC2CCC(C(F)(F)F)C(Cl)C2)NC(=O)CN(C)C(=O)[C@H](CC2CCCCC2)N(C)C(=O)CN(C)C(=O)CN(C)C1=O. The summed E-state index contributed by atoms with van der Waals surface area (Å²) in [7, 11) is 8.54. The molecule has 2 aliphatic heterocycles. The van der Waals surface area contributed by atoms with Gasteiger partial charge in [0.1, 0.15) is 41.8 Å². The Morgan fingerprint density at radius 1 is 0.629 bits per heavy atom. The van der Waals surface area contributed by atoms with Gasteiger partial charge in [-0.25, -0.2) is 0 Å². The van der Waals surface area contributed by atoms with Gasteiger partial charge in [0.15, 0.2) is 0 Å². The Hall–Kier alpha value is -5.75. The van der Waals surface area contributed by atoms with Crippen molar-refractivity contribution in [3.05, 3.63) is 0 Å². The molecule has 0 aromatic rings. The lowest BCUT2D eigenvalue weighted by Crippen LogP contribution is -2.64. The monoisotopic (exact) mass is 1280 g/mol. The lowest BCUT2D eigenvalue weighted by Gasteiger charge is -2.39. The molecule has 4 fully saturated rings. The van der Waals surface area contributed by atoms with E-state index < -0.39 is 162 Å². The largest absolute Gasteiger partial charge is 0.393 e. The maximum absolute atomic E-state index is 15.0. The molecule has 0 aromatic heterocycles. The van der Waals surface area contributed by atoms with Gasteiger partial charge in [-0.3, -0.25) is 52.7 Å². The predicted octanol–water partition coefficient (Wildman–Crippen LogP) is 5.08. The first kappa shape index (κ1) is 75.7. The minimum atomic E-state index is -4.50. The van der Waals surface area contributed by atoms with E-state index >= 15 is 0 Å². The van der Waals surface area contributed by atoms with Crippen molar-refractivity contribution in [3.8, 4) is 0 Å². The van der Waals surface area contributed by atoms with Crippen molar-refractivity contribution in [2.45, 2.75) is 231 Å². The van der Waals surface area contributed by atoms with E-state index in [1.165, 1.54) is 68.8 Å². The lowest BCUT2D eigenvalue weighted by atomic mass is 9.78. The Labute approximate surface area is 530 Å². The molecule has 0 spiro atoms. The third-order valence-corrected chi connectivity index (χ3v) is 19.6. The summed E-state index contributed by atoms with van der Waals surface area (Å²) in [6.07, 6.45) is 1.24. The number of fused-ring (bicyclic) bond motifs is 1. The van der Waals surface area contributed by atoms with E-state index in [2.05, 4.69) is 21.3 Å². The van der Waals surface area contributed by atoms with Gasteiger partial charge in [0, 0.05) is 66.7 Å². The third kappa shape index (κ3) is 20.6. The molecule has 0 radical (unpaired) electrons. The third-order valence-electron chi connectivity index (χ3n) is 19.1. The molecule has 506 valence electrons. The number of carbonyl (C=O) groups excluding carboxylic acids is 11. The first-order valence-corrected chi connectivity index (χ1v) is 32.7. The van der Waals surface area contributed by atoms with E-state index in [1.54, 1.807) is 34.6 Å². The Kier molecular flexibility index (Phi) is 28.5. The van der Waals surface area contributed by atoms with Crippen molar-refractivity contribution in [1.82, 2.24) is 55.6 Å². The molecule has 4 aliphatic rings. The van der Waals surface area contributed by atoms with Gasteiger partial charge in [-0.2, -0.15) is 13.2 Å². The number of likely N-dealkylation sites (N-methyl/N-ethyl adjacent to an activating group) is 6. The number of rotatable bonds is 11. The minimum absolute atomic E-state index is 0.00814. The summed E-state index contributed by atoms with van der Waals surface area (Å²) in [6.45, 7) is 14.2. The highest BCUT2D eigenvalue weighted by molar-refractivity contribution is 6.20. The highest BCUT2D eigenvalue weighted by Gasteiger charge is 2.48. The zero-order chi connectivity index (χ0) is 67.2. The Bertz CT molecular complexity index is 2500. The van der Waals surface area contributed by atoms with Crippen molar-refractivity contribution in [3.63, 3.8) is 0 Å². The zero-order valence-corrected chi connectivity index (χ0v) is 56.3. The van der Waals surface area contributed by atoms with Crippen LogP contribution in [0.1, 0.15) is 171 Å². The molecular formula is C63H105ClF3N11O11. The Morgan fingerprint density at radius 3 is 1.81 bits per heavy atom. The van der Waals surface area contributed by atoms with Crippen LogP contribution in [0.2, 0.25) is 0 Å². The van der Waals surface area contributed by atoms with Crippen LogP contribution in [0.25, 0.3) is 0 Å². The first-order chi connectivity index (χ1) is 41.5. The van der Waals surface area contributed by atoms with Gasteiger partial charge in [0.25, 0.3) is 0 Å². The fourth-order valence-electron chi connectivity index (χ4n) is 13.0. The summed E-state index contributed by atoms with van der Waals surface area (Å²) >= 11 is 6.34. The van der Waals surface area contributed by atoms with Crippen LogP contribution in [0.15, 0.2) is 0 Å². The van der Waals surface area contributed by atoms with E-state index in [0.717, 1.165) is 46.8 Å². The van der Waals surface area contributed by atoms with Crippen LogP contribution in [0, 0.1) is 35.5 Å². The van der Waals surface area contributed by atoms with Crippen LogP contribution in [0.4, 0.5) is 13.2 Å². The topological polar surface area (TPSA) is 259 Å². The number of nitrogens with zero attached hydrogens (tertiary/aromatic N) is 7. The van der Waals surface area contributed by atoms with Crippen LogP contribution >= 0.6 is 11.6 Å². The molecule has 4 rings (SSSR count). The van der Waals surface area contributed by atoms with Gasteiger partial charge >= 0.3 is 6.18 Å². The summed E-state index contributed by atoms with van der Waals surface area (Å²) in [4.78, 5) is 167. The second-order valence-electron chi connectivity index (χ2n) is 27.0. The molecule has 89 heavy (non-hydrogen) atoms. The van der Waals surface area contributed by atoms with Gasteiger partial charge in [-0.1, -0.05) is 87.0 Å². The summed E-state index contributed by atoms with van der Waals surface area (Å²) in [5.74, 6) is -9.87. The molecule has 2 aliphatic carbocycles. The predicted molar refractivity (Wildman–Crippen MR) is 331 cm³/mol. The number of halogens is 4. The van der Waals surface area contributed by atoms with Crippen molar-refractivity contribution in [2.24, 2.45) is 35.5 Å². The maximum Gasteiger partial charge on any atom is 0.393 e. The van der Waals surface area contributed by atoms with Gasteiger partial charge in [-0.05, 0) is 108 Å². The highest BCUT2D eigenvalue weighted by atomic mass is 35.5. The van der Waals surface area contributed by atoms with E-state index in [4.69, 9.17) is 11.6 Å². The Balaban J connectivity index is 1.77. The van der Waals surface area contributed by atoms with E-state index in [-0.39, 0.29) is 88.5 Å². The van der Waals surface area contributed by atoms with Gasteiger partial charge < -0.3 is 55.6 Å². The number of nitrogens with one attached hydrogen (secondary N) is 4. The smallest absolute Gasteiger partial charge is 0.351 e. The summed E-state index contributed by atoms with van der Waals surface area (Å²) in [6, 6.07) is -7.67. The molecule has 11 amide bonds. The van der Waals surface area contributed by atoms with Crippen molar-refractivity contribution in [2.75, 3.05) is 68.5 Å². The molecule has 12 atom stereocenters. The number of hydrogen-bond acceptors (Lipinski definition) is 11. The summed E-state index contributed by atoms with van der Waals surface area (Å²) < 4.78 is 41.6. The van der Waals surface area contributed by atoms with E-state index in [9.17, 15) is 65.9 Å². The van der Waals surface area contributed by atoms with Crippen LogP contribution in [0.5, 0.6) is 0 Å². The molecule has 2 heterocycles. The molecule has 3 unspecified atom stereocenters. The molecule has 4 N–H and O–H groups in total. The average molecular weight is 1290 g/mol. The molecule has 0 bridgehead atoms. The standard InChI is InChI=1S/C63H105ClF3N11O11/c1-16-39(7)53-60(88)74(12)35-51(81)72(10)36-52(82)76(14)48(33-41-22-19-18-20-23-41)59(87)73(11)34-49(79)69-45(28-26-42-25-27-43(44(64)32-42)63(65,66)67)58(86)78-29-21-24-46(78)56(84)71-62(9,17-2)61(89)77(15)54(38(5)6)57(85)68-40(8)31-50(80)75(13)47(30-37(3)4)55(83)70-53/h37-48,53-54H,16-36H2,1-15H3,(H,68,85)(H,69,79)(H,70,83)(H,71,84)/t39-,40+,42?,43?,44?,45-,46-,47-,48-,53-,54-,62-/m0/s1. The normalized spacial score (nSPS) is 30.4. The molecule has 2 saturated carbocycles. The van der Waals surface area contributed by atoms with Crippen molar-refractivity contribution < 1.29 is 65.9 Å². The fraction of sp³-hybridized carbons (Fsp3) is 0.825. The summed E-state index contributed by atoms with van der Waals surface area (Å²) in [5, 5.41) is 10.2. The number of hydrogen-bond donors (Lipinski definition) is 4. The van der Waals surface area contributed by atoms with Gasteiger partial charge in [0.2, 0.25) is 65.0 Å². The fourth-order valence-corrected chi connectivity index (χ4v) is 13.5. The molecule has 26 heteroatoms. The quantitative estimate of drug-likeness (QED) is 0.198. The second kappa shape index (κ2) is 33.5. The highest BCUT2D eigenvalue weighted by Crippen LogP contribution is 2.43. The zero-order valence-electron chi connectivity index (χ0n) is 55.6. The van der Waals surface area contributed by atoms with Crippen LogP contribution in [-0.2, 0) is 52.7 Å². The molecular weight excluding hydrogens is 1180 g/mol. The maximum atomic E-state index is 15.0. The molecule has 22 nitrogen and oxygen atoms in total. The van der Waals surface area contributed by atoms with E-state index in [0.29, 0.717) is 12.8 Å².